The average molecular weight is 409 g/mol. The zero-order valence-electron chi connectivity index (χ0n) is 16.2. The van der Waals surface area contributed by atoms with Crippen molar-refractivity contribution in [1.29, 1.82) is 0 Å². The summed E-state index contributed by atoms with van der Waals surface area (Å²) in [6.45, 7) is 2.16. The molecular weight excluding hydrogens is 384 g/mol. The molecule has 0 heterocycles. The van der Waals surface area contributed by atoms with Gasteiger partial charge in [0.25, 0.3) is 10.0 Å². The van der Waals surface area contributed by atoms with Crippen LogP contribution in [0.15, 0.2) is 95.9 Å². The third-order valence-corrected chi connectivity index (χ3v) is 6.42. The lowest BCUT2D eigenvalue weighted by molar-refractivity contribution is -0.119. The van der Waals surface area contributed by atoms with Gasteiger partial charge in [-0.05, 0) is 35.7 Å². The highest BCUT2D eigenvalue weighted by Crippen LogP contribution is 2.23. The molecular formula is C23H24N2O3S. The molecule has 0 aromatic heterocycles. The molecule has 1 atom stereocenters. The Labute approximate surface area is 172 Å². The fourth-order valence-electron chi connectivity index (χ4n) is 2.98. The number of para-hydroxylation sites is 1. The molecule has 0 spiro atoms. The lowest BCUT2D eigenvalue weighted by Gasteiger charge is -2.24. The highest BCUT2D eigenvalue weighted by molar-refractivity contribution is 7.92. The number of nitrogens with zero attached hydrogens (tertiary/aromatic N) is 1. The topological polar surface area (TPSA) is 66.5 Å². The highest BCUT2D eigenvalue weighted by atomic mass is 32.2. The monoisotopic (exact) mass is 408 g/mol. The van der Waals surface area contributed by atoms with Crippen molar-refractivity contribution in [2.75, 3.05) is 17.4 Å². The Kier molecular flexibility index (Phi) is 6.67. The van der Waals surface area contributed by atoms with Crippen LogP contribution in [-0.4, -0.2) is 27.4 Å². The maximum Gasteiger partial charge on any atom is 0.264 e. The van der Waals surface area contributed by atoms with E-state index in [0.29, 0.717) is 12.2 Å². The maximum absolute atomic E-state index is 13.2. The number of benzene rings is 3. The Morgan fingerprint density at radius 2 is 1.38 bits per heavy atom. The number of carbonyl (C=O) groups excluding carboxylic acids is 1. The van der Waals surface area contributed by atoms with E-state index in [1.807, 2.05) is 37.3 Å². The third-order valence-electron chi connectivity index (χ3n) is 4.64. The fraction of sp³-hybridized carbons (Fsp3) is 0.174. The summed E-state index contributed by atoms with van der Waals surface area (Å²) in [5.74, 6) is -0.229. The van der Waals surface area contributed by atoms with E-state index in [1.54, 1.807) is 48.5 Å². The largest absolute Gasteiger partial charge is 0.354 e. The smallest absolute Gasteiger partial charge is 0.264 e. The maximum atomic E-state index is 13.2. The van der Waals surface area contributed by atoms with E-state index in [9.17, 15) is 13.2 Å². The Morgan fingerprint density at radius 3 is 1.97 bits per heavy atom. The minimum atomic E-state index is -3.87. The second kappa shape index (κ2) is 9.39. The summed E-state index contributed by atoms with van der Waals surface area (Å²) in [4.78, 5) is 12.8. The summed E-state index contributed by atoms with van der Waals surface area (Å²) in [7, 11) is -3.87. The Balaban J connectivity index is 1.76. The summed E-state index contributed by atoms with van der Waals surface area (Å²) >= 11 is 0. The van der Waals surface area contributed by atoms with E-state index < -0.39 is 10.0 Å². The molecule has 0 unspecified atom stereocenters. The first-order chi connectivity index (χ1) is 14.0. The van der Waals surface area contributed by atoms with Crippen LogP contribution in [-0.2, 0) is 14.8 Å². The number of hydrogen-bond acceptors (Lipinski definition) is 3. The van der Waals surface area contributed by atoms with Crippen molar-refractivity contribution >= 4 is 21.6 Å². The molecule has 0 radical (unpaired) electrons. The summed E-state index contributed by atoms with van der Waals surface area (Å²) in [5.41, 5.74) is 1.56. The minimum Gasteiger partial charge on any atom is -0.354 e. The standard InChI is InChI=1S/C23H24N2O3S/c1-19(20-11-5-2-6-12-20)17-24-23(26)18-25(21-13-7-3-8-14-21)29(27,28)22-15-9-4-10-16-22/h2-16,19H,17-18H2,1H3,(H,24,26)/t19-/m0/s1. The van der Waals surface area contributed by atoms with Gasteiger partial charge >= 0.3 is 0 Å². The van der Waals surface area contributed by atoms with Crippen molar-refractivity contribution in [3.8, 4) is 0 Å². The first-order valence-corrected chi connectivity index (χ1v) is 10.9. The van der Waals surface area contributed by atoms with Gasteiger partial charge in [0.15, 0.2) is 0 Å². The molecule has 5 nitrogen and oxygen atoms in total. The first kappa shape index (κ1) is 20.6. The number of nitrogens with one attached hydrogen (secondary N) is 1. The van der Waals surface area contributed by atoms with Gasteiger partial charge in [-0.1, -0.05) is 73.7 Å². The molecule has 0 saturated heterocycles. The summed E-state index contributed by atoms with van der Waals surface area (Å²) in [6, 6.07) is 26.7. The number of anilines is 1. The van der Waals surface area contributed by atoms with Crippen LogP contribution < -0.4 is 9.62 Å². The van der Waals surface area contributed by atoms with E-state index in [-0.39, 0.29) is 23.3 Å². The number of carbonyl (C=O) groups is 1. The van der Waals surface area contributed by atoms with Gasteiger partial charge in [-0.25, -0.2) is 8.42 Å². The molecule has 3 rings (SSSR count). The van der Waals surface area contributed by atoms with Crippen molar-refractivity contribution in [3.05, 3.63) is 96.6 Å². The van der Waals surface area contributed by atoms with Gasteiger partial charge < -0.3 is 5.32 Å². The molecule has 6 heteroatoms. The van der Waals surface area contributed by atoms with Gasteiger partial charge in [0.1, 0.15) is 6.54 Å². The van der Waals surface area contributed by atoms with Crippen LogP contribution in [0.1, 0.15) is 18.4 Å². The number of rotatable bonds is 8. The van der Waals surface area contributed by atoms with E-state index in [0.717, 1.165) is 9.87 Å². The lowest BCUT2D eigenvalue weighted by atomic mass is 10.0. The normalized spacial score (nSPS) is 12.2. The second-order valence-electron chi connectivity index (χ2n) is 6.78. The molecule has 29 heavy (non-hydrogen) atoms. The molecule has 0 aliphatic carbocycles. The van der Waals surface area contributed by atoms with Crippen LogP contribution in [0.4, 0.5) is 5.69 Å². The van der Waals surface area contributed by atoms with Crippen LogP contribution in [0.3, 0.4) is 0 Å². The van der Waals surface area contributed by atoms with Crippen molar-refractivity contribution < 1.29 is 13.2 Å². The molecule has 0 saturated carbocycles. The van der Waals surface area contributed by atoms with Gasteiger partial charge in [0.2, 0.25) is 5.91 Å². The van der Waals surface area contributed by atoms with Crippen molar-refractivity contribution in [2.24, 2.45) is 0 Å². The number of amides is 1. The van der Waals surface area contributed by atoms with E-state index in [2.05, 4.69) is 5.32 Å². The van der Waals surface area contributed by atoms with Gasteiger partial charge in [-0.2, -0.15) is 0 Å². The van der Waals surface area contributed by atoms with Crippen molar-refractivity contribution in [3.63, 3.8) is 0 Å². The molecule has 3 aromatic rings. The predicted molar refractivity (Wildman–Crippen MR) is 115 cm³/mol. The van der Waals surface area contributed by atoms with Gasteiger partial charge in [0.05, 0.1) is 10.6 Å². The predicted octanol–water partition coefficient (Wildman–Crippen LogP) is 3.80. The quantitative estimate of drug-likeness (QED) is 0.616. The molecule has 1 N–H and O–H groups in total. The first-order valence-electron chi connectivity index (χ1n) is 9.43. The fourth-order valence-corrected chi connectivity index (χ4v) is 4.42. The molecule has 0 aliphatic rings. The van der Waals surface area contributed by atoms with E-state index in [1.165, 1.54) is 12.1 Å². The molecule has 3 aromatic carbocycles. The average Bonchev–Trinajstić information content (AvgIpc) is 2.77. The Hall–Kier alpha value is -3.12. The zero-order chi connectivity index (χ0) is 20.7. The van der Waals surface area contributed by atoms with Crippen molar-refractivity contribution in [1.82, 2.24) is 5.32 Å². The molecule has 0 bridgehead atoms. The number of hydrogen-bond donors (Lipinski definition) is 1. The molecule has 0 aliphatic heterocycles. The number of sulfonamides is 1. The molecule has 0 fully saturated rings. The van der Waals surface area contributed by atoms with Gasteiger partial charge in [-0.15, -0.1) is 0 Å². The zero-order valence-corrected chi connectivity index (χ0v) is 17.0. The second-order valence-corrected chi connectivity index (χ2v) is 8.64. The van der Waals surface area contributed by atoms with Crippen molar-refractivity contribution in [2.45, 2.75) is 17.7 Å². The summed E-state index contributed by atoms with van der Waals surface area (Å²) < 4.78 is 27.5. The van der Waals surface area contributed by atoms with Crippen LogP contribution in [0.5, 0.6) is 0 Å². The highest BCUT2D eigenvalue weighted by Gasteiger charge is 2.27. The van der Waals surface area contributed by atoms with Crippen LogP contribution in [0.2, 0.25) is 0 Å². The Morgan fingerprint density at radius 1 is 0.862 bits per heavy atom. The molecule has 150 valence electrons. The summed E-state index contributed by atoms with van der Waals surface area (Å²) in [5, 5.41) is 2.86. The van der Waals surface area contributed by atoms with E-state index >= 15 is 0 Å². The third kappa shape index (κ3) is 5.23. The van der Waals surface area contributed by atoms with Crippen LogP contribution in [0, 0.1) is 0 Å². The minimum absolute atomic E-state index is 0.121. The molecule has 1 amide bonds. The van der Waals surface area contributed by atoms with E-state index in [4.69, 9.17) is 0 Å². The van der Waals surface area contributed by atoms with Gasteiger partial charge in [-0.3, -0.25) is 9.10 Å². The SMILES string of the molecule is C[C@@H](CNC(=O)CN(c1ccccc1)S(=O)(=O)c1ccccc1)c1ccccc1. The summed E-state index contributed by atoms with van der Waals surface area (Å²) in [6.07, 6.45) is 0. The lowest BCUT2D eigenvalue weighted by Crippen LogP contribution is -2.41. The van der Waals surface area contributed by atoms with Gasteiger partial charge in [0, 0.05) is 6.54 Å². The Bertz CT molecular complexity index is 1020. The van der Waals surface area contributed by atoms with Crippen LogP contribution in [0.25, 0.3) is 0 Å². The van der Waals surface area contributed by atoms with Crippen LogP contribution >= 0.6 is 0 Å².